The van der Waals surface area contributed by atoms with Crippen LogP contribution in [0.5, 0.6) is 5.75 Å². The minimum absolute atomic E-state index is 0.201. The van der Waals surface area contributed by atoms with Crippen LogP contribution in [0.4, 0.5) is 4.39 Å². The highest BCUT2D eigenvalue weighted by Gasteiger charge is 2.23. The van der Waals surface area contributed by atoms with Gasteiger partial charge in [-0.3, -0.25) is 0 Å². The summed E-state index contributed by atoms with van der Waals surface area (Å²) >= 11 is 0. The highest BCUT2D eigenvalue weighted by atomic mass is 19.1. The van der Waals surface area contributed by atoms with Crippen molar-refractivity contribution in [2.24, 2.45) is 0 Å². The lowest BCUT2D eigenvalue weighted by Crippen LogP contribution is -2.13. The molecule has 1 aromatic carbocycles. The number of nitrogens with zero attached hydrogens (tertiary/aromatic N) is 1. The van der Waals surface area contributed by atoms with Gasteiger partial charge in [0, 0.05) is 5.56 Å². The van der Waals surface area contributed by atoms with Crippen LogP contribution < -0.4 is 4.74 Å². The van der Waals surface area contributed by atoms with Gasteiger partial charge in [0.25, 0.3) is 0 Å². The van der Waals surface area contributed by atoms with E-state index in [2.05, 4.69) is 4.74 Å². The number of carboxylic acid groups (broad SMARTS) is 1. The normalized spacial score (nSPS) is 11.6. The molecule has 1 unspecified atom stereocenters. The van der Waals surface area contributed by atoms with Crippen LogP contribution in [-0.2, 0) is 4.79 Å². The number of nitriles is 1. The first-order chi connectivity index (χ1) is 7.52. The van der Waals surface area contributed by atoms with E-state index in [9.17, 15) is 14.3 Å². The molecule has 16 heavy (non-hydrogen) atoms. The minimum Gasteiger partial charge on any atom is -0.492 e. The van der Waals surface area contributed by atoms with Crippen LogP contribution in [-0.4, -0.2) is 23.3 Å². The number of aliphatic hydroxyl groups excluding tert-OH is 1. The van der Waals surface area contributed by atoms with Crippen molar-refractivity contribution in [2.75, 3.05) is 7.11 Å². The lowest BCUT2D eigenvalue weighted by molar-refractivity contribution is -0.146. The van der Waals surface area contributed by atoms with E-state index in [4.69, 9.17) is 10.4 Å². The van der Waals surface area contributed by atoms with Crippen molar-refractivity contribution < 1.29 is 24.1 Å². The largest absolute Gasteiger partial charge is 0.492 e. The van der Waals surface area contributed by atoms with Crippen molar-refractivity contribution in [1.29, 1.82) is 5.26 Å². The van der Waals surface area contributed by atoms with Crippen molar-refractivity contribution in [1.82, 2.24) is 0 Å². The quantitative estimate of drug-likeness (QED) is 0.794. The van der Waals surface area contributed by atoms with E-state index in [0.717, 1.165) is 19.2 Å². The molecule has 0 aliphatic heterocycles. The zero-order chi connectivity index (χ0) is 12.3. The number of aliphatic hydroxyl groups is 1. The van der Waals surface area contributed by atoms with E-state index >= 15 is 0 Å². The van der Waals surface area contributed by atoms with Crippen molar-refractivity contribution in [3.05, 3.63) is 29.1 Å². The van der Waals surface area contributed by atoms with Gasteiger partial charge in [-0.1, -0.05) is 6.07 Å². The molecule has 0 heterocycles. The van der Waals surface area contributed by atoms with Crippen LogP contribution in [0.25, 0.3) is 0 Å². The Labute approximate surface area is 90.3 Å². The summed E-state index contributed by atoms with van der Waals surface area (Å²) in [6.07, 6.45) is -1.89. The molecule has 0 amide bonds. The summed E-state index contributed by atoms with van der Waals surface area (Å²) in [4.78, 5) is 10.6. The van der Waals surface area contributed by atoms with Crippen LogP contribution in [0.1, 0.15) is 17.2 Å². The fraction of sp³-hybridized carbons (Fsp3) is 0.200. The SMILES string of the molecule is COc1c(F)ccc(C(O)C(=O)O)c1C#N. The third kappa shape index (κ3) is 1.94. The van der Waals surface area contributed by atoms with Crippen molar-refractivity contribution in [2.45, 2.75) is 6.10 Å². The number of ether oxygens (including phenoxy) is 1. The number of methoxy groups -OCH3 is 1. The molecule has 0 radical (unpaired) electrons. The van der Waals surface area contributed by atoms with Gasteiger partial charge in [-0.05, 0) is 6.07 Å². The Morgan fingerprint density at radius 2 is 2.25 bits per heavy atom. The van der Waals surface area contributed by atoms with Crippen molar-refractivity contribution >= 4 is 5.97 Å². The summed E-state index contributed by atoms with van der Waals surface area (Å²) in [5, 5.41) is 26.7. The molecule has 0 bridgehead atoms. The maximum absolute atomic E-state index is 13.2. The second-order valence-electron chi connectivity index (χ2n) is 2.90. The van der Waals surface area contributed by atoms with Gasteiger partial charge in [0.15, 0.2) is 17.7 Å². The zero-order valence-corrected chi connectivity index (χ0v) is 8.27. The van der Waals surface area contributed by atoms with E-state index < -0.39 is 17.9 Å². The number of aliphatic carboxylic acids is 1. The summed E-state index contributed by atoms with van der Waals surface area (Å²) in [5.41, 5.74) is -0.523. The van der Waals surface area contributed by atoms with Gasteiger partial charge in [-0.15, -0.1) is 0 Å². The molecule has 2 N–H and O–H groups in total. The lowest BCUT2D eigenvalue weighted by Gasteiger charge is -2.11. The summed E-state index contributed by atoms with van der Waals surface area (Å²) in [6, 6.07) is 3.57. The van der Waals surface area contributed by atoms with E-state index in [1.165, 1.54) is 0 Å². The van der Waals surface area contributed by atoms with E-state index in [1.54, 1.807) is 6.07 Å². The molecule has 0 saturated carbocycles. The van der Waals surface area contributed by atoms with Gasteiger partial charge in [-0.2, -0.15) is 5.26 Å². The maximum Gasteiger partial charge on any atom is 0.337 e. The predicted octanol–water partition coefficient (Wildman–Crippen LogP) is 0.824. The molecule has 0 spiro atoms. The van der Waals surface area contributed by atoms with Gasteiger partial charge < -0.3 is 14.9 Å². The summed E-state index contributed by atoms with van der Waals surface area (Å²) in [5.74, 6) is -2.69. The van der Waals surface area contributed by atoms with Crippen LogP contribution in [0.2, 0.25) is 0 Å². The Kier molecular flexibility index (Phi) is 3.43. The Morgan fingerprint density at radius 3 is 2.69 bits per heavy atom. The summed E-state index contributed by atoms with van der Waals surface area (Å²) in [7, 11) is 1.15. The first-order valence-corrected chi connectivity index (χ1v) is 4.20. The molecule has 5 nitrogen and oxygen atoms in total. The number of hydrogen-bond donors (Lipinski definition) is 2. The highest BCUT2D eigenvalue weighted by Crippen LogP contribution is 2.29. The fourth-order valence-corrected chi connectivity index (χ4v) is 1.25. The standard InChI is InChI=1S/C10H8FNO4/c1-16-9-6(4-12)5(2-3-7(9)11)8(13)10(14)15/h2-3,8,13H,1H3,(H,14,15). The van der Waals surface area contributed by atoms with Crippen LogP contribution in [0.15, 0.2) is 12.1 Å². The lowest BCUT2D eigenvalue weighted by atomic mass is 10.0. The molecule has 0 aliphatic rings. The van der Waals surface area contributed by atoms with Crippen molar-refractivity contribution in [3.63, 3.8) is 0 Å². The molecule has 0 aliphatic carbocycles. The highest BCUT2D eigenvalue weighted by molar-refractivity contribution is 5.75. The Morgan fingerprint density at radius 1 is 1.62 bits per heavy atom. The Hall–Kier alpha value is -2.13. The number of rotatable bonds is 3. The monoisotopic (exact) mass is 225 g/mol. The first kappa shape index (κ1) is 11.9. The third-order valence-corrected chi connectivity index (χ3v) is 1.99. The zero-order valence-electron chi connectivity index (χ0n) is 8.27. The molecule has 1 aromatic rings. The topological polar surface area (TPSA) is 90.6 Å². The minimum atomic E-state index is -1.89. The average Bonchev–Trinajstić information content (AvgIpc) is 2.27. The second kappa shape index (κ2) is 4.59. The summed E-state index contributed by atoms with van der Waals surface area (Å²) in [6.45, 7) is 0. The maximum atomic E-state index is 13.2. The number of benzene rings is 1. The van der Waals surface area contributed by atoms with Gasteiger partial charge in [0.2, 0.25) is 0 Å². The number of carbonyl (C=O) groups is 1. The molecular formula is C10H8FNO4. The smallest absolute Gasteiger partial charge is 0.337 e. The molecule has 6 heteroatoms. The van der Waals surface area contributed by atoms with E-state index in [-0.39, 0.29) is 16.9 Å². The second-order valence-corrected chi connectivity index (χ2v) is 2.90. The van der Waals surface area contributed by atoms with E-state index in [1.807, 2.05) is 0 Å². The number of carboxylic acids is 1. The number of hydrogen-bond acceptors (Lipinski definition) is 4. The van der Waals surface area contributed by atoms with Gasteiger partial charge in [-0.25, -0.2) is 9.18 Å². The third-order valence-electron chi connectivity index (χ3n) is 1.99. The number of halogens is 1. The molecular weight excluding hydrogens is 217 g/mol. The predicted molar refractivity (Wildman–Crippen MR) is 50.3 cm³/mol. The van der Waals surface area contributed by atoms with E-state index in [0.29, 0.717) is 0 Å². The van der Waals surface area contributed by atoms with Gasteiger partial charge >= 0.3 is 5.97 Å². The van der Waals surface area contributed by atoms with Crippen LogP contribution >= 0.6 is 0 Å². The van der Waals surface area contributed by atoms with Gasteiger partial charge in [0.05, 0.1) is 7.11 Å². The van der Waals surface area contributed by atoms with Gasteiger partial charge in [0.1, 0.15) is 11.6 Å². The average molecular weight is 225 g/mol. The fourth-order valence-electron chi connectivity index (χ4n) is 1.25. The molecule has 0 aromatic heterocycles. The molecule has 1 atom stereocenters. The molecule has 1 rings (SSSR count). The van der Waals surface area contributed by atoms with Crippen LogP contribution in [0.3, 0.4) is 0 Å². The molecule has 84 valence electrons. The first-order valence-electron chi connectivity index (χ1n) is 4.20. The van der Waals surface area contributed by atoms with Crippen molar-refractivity contribution in [3.8, 4) is 11.8 Å². The molecule has 0 fully saturated rings. The van der Waals surface area contributed by atoms with Crippen LogP contribution in [0, 0.1) is 17.1 Å². The Bertz CT molecular complexity index is 467. The Balaban J connectivity index is 3.43. The molecule has 0 saturated heterocycles. The summed E-state index contributed by atoms with van der Waals surface area (Å²) < 4.78 is 17.8.